The van der Waals surface area contributed by atoms with Gasteiger partial charge in [0.1, 0.15) is 11.6 Å². The number of benzene rings is 1. The lowest BCUT2D eigenvalue weighted by atomic mass is 10.1. The molecule has 160 valence electrons. The van der Waals surface area contributed by atoms with Crippen LogP contribution < -0.4 is 5.56 Å². The molecule has 0 N–H and O–H groups in total. The van der Waals surface area contributed by atoms with Crippen molar-refractivity contribution in [1.29, 1.82) is 0 Å². The molecule has 30 heavy (non-hydrogen) atoms. The topological polar surface area (TPSA) is 68.3 Å². The summed E-state index contributed by atoms with van der Waals surface area (Å²) in [5.74, 6) is 1.29. The summed E-state index contributed by atoms with van der Waals surface area (Å²) in [5.41, 5.74) is 0.426. The zero-order valence-corrected chi connectivity index (χ0v) is 18.5. The molecule has 1 atom stereocenters. The minimum Gasteiger partial charge on any atom is -0.467 e. The second-order valence-corrected chi connectivity index (χ2v) is 7.85. The maximum atomic E-state index is 13.1. The van der Waals surface area contributed by atoms with Gasteiger partial charge in [-0.3, -0.25) is 14.2 Å². The molecule has 2 aromatic heterocycles. The van der Waals surface area contributed by atoms with Crippen LogP contribution in [-0.4, -0.2) is 20.4 Å². The molecular formula is C23H28ClN3O3. The van der Waals surface area contributed by atoms with Gasteiger partial charge in [-0.1, -0.05) is 31.4 Å². The Morgan fingerprint density at radius 2 is 2.07 bits per heavy atom. The number of fused-ring (bicyclic) bond motifs is 1. The van der Waals surface area contributed by atoms with Crippen LogP contribution in [0, 0.1) is 0 Å². The van der Waals surface area contributed by atoms with E-state index in [0.29, 0.717) is 47.0 Å². The highest BCUT2D eigenvalue weighted by molar-refractivity contribution is 6.31. The summed E-state index contributed by atoms with van der Waals surface area (Å²) in [7, 11) is 0. The van der Waals surface area contributed by atoms with E-state index in [1.54, 1.807) is 40.0 Å². The van der Waals surface area contributed by atoms with Crippen molar-refractivity contribution in [3.05, 3.63) is 63.6 Å². The van der Waals surface area contributed by atoms with Crippen LogP contribution in [0.15, 0.2) is 45.8 Å². The lowest BCUT2D eigenvalue weighted by Gasteiger charge is -2.30. The molecule has 3 aromatic rings. The SMILES string of the molecule is CCCCCC(=O)N(Cc1ccco1)C(C)c1nc2ccc(Cl)cc2c(=O)n1CC. The molecule has 2 heterocycles. The van der Waals surface area contributed by atoms with Crippen molar-refractivity contribution in [2.45, 2.75) is 65.6 Å². The smallest absolute Gasteiger partial charge is 0.261 e. The number of hydrogen-bond donors (Lipinski definition) is 0. The molecule has 0 spiro atoms. The highest BCUT2D eigenvalue weighted by Gasteiger charge is 2.26. The van der Waals surface area contributed by atoms with E-state index in [2.05, 4.69) is 6.92 Å². The Morgan fingerprint density at radius 3 is 2.73 bits per heavy atom. The van der Waals surface area contributed by atoms with Crippen molar-refractivity contribution in [1.82, 2.24) is 14.5 Å². The lowest BCUT2D eigenvalue weighted by molar-refractivity contribution is -0.134. The second kappa shape index (κ2) is 9.94. The standard InChI is InChI=1S/C23H28ClN3O3/c1-4-6-7-10-21(28)27(15-18-9-8-13-30-18)16(3)22-25-20-12-11-17(24)14-19(20)23(29)26(22)5-2/h8-9,11-14,16H,4-7,10,15H2,1-3H3. The van der Waals surface area contributed by atoms with Crippen LogP contribution in [0.2, 0.25) is 5.02 Å². The van der Waals surface area contributed by atoms with Crippen LogP contribution in [0.3, 0.4) is 0 Å². The molecule has 0 bridgehead atoms. The zero-order valence-electron chi connectivity index (χ0n) is 17.7. The first kappa shape index (κ1) is 22.1. The van der Waals surface area contributed by atoms with Crippen molar-refractivity contribution in [3.8, 4) is 0 Å². The van der Waals surface area contributed by atoms with Gasteiger partial charge in [0.25, 0.3) is 5.56 Å². The number of nitrogens with zero attached hydrogens (tertiary/aromatic N) is 3. The molecule has 0 aliphatic heterocycles. The first-order valence-electron chi connectivity index (χ1n) is 10.5. The zero-order chi connectivity index (χ0) is 21.7. The van der Waals surface area contributed by atoms with Gasteiger partial charge in [-0.25, -0.2) is 4.98 Å². The Hall–Kier alpha value is -2.60. The summed E-state index contributed by atoms with van der Waals surface area (Å²) in [6, 6.07) is 8.37. The Balaban J connectivity index is 2.03. The maximum Gasteiger partial charge on any atom is 0.261 e. The van der Waals surface area contributed by atoms with E-state index < -0.39 is 6.04 Å². The fourth-order valence-electron chi connectivity index (χ4n) is 3.66. The monoisotopic (exact) mass is 429 g/mol. The quantitative estimate of drug-likeness (QED) is 0.431. The van der Waals surface area contributed by atoms with Gasteiger partial charge in [0, 0.05) is 18.0 Å². The minimum atomic E-state index is -0.392. The molecule has 0 saturated carbocycles. The summed E-state index contributed by atoms with van der Waals surface area (Å²) in [5, 5.41) is 0.975. The van der Waals surface area contributed by atoms with Crippen molar-refractivity contribution >= 4 is 28.4 Å². The molecule has 7 heteroatoms. The summed E-state index contributed by atoms with van der Waals surface area (Å²) in [4.78, 5) is 32.7. The first-order chi connectivity index (χ1) is 14.5. The van der Waals surface area contributed by atoms with Crippen molar-refractivity contribution in [2.24, 2.45) is 0 Å². The van der Waals surface area contributed by atoms with Gasteiger partial charge in [-0.05, 0) is 50.6 Å². The van der Waals surface area contributed by atoms with Crippen molar-refractivity contribution < 1.29 is 9.21 Å². The van der Waals surface area contributed by atoms with Crippen LogP contribution in [0.5, 0.6) is 0 Å². The number of hydrogen-bond acceptors (Lipinski definition) is 4. The van der Waals surface area contributed by atoms with Gasteiger partial charge in [0.2, 0.25) is 5.91 Å². The third-order valence-electron chi connectivity index (χ3n) is 5.32. The van der Waals surface area contributed by atoms with Gasteiger partial charge < -0.3 is 9.32 Å². The third-order valence-corrected chi connectivity index (χ3v) is 5.56. The average molecular weight is 430 g/mol. The molecule has 1 amide bonds. The highest BCUT2D eigenvalue weighted by Crippen LogP contribution is 2.25. The molecule has 0 fully saturated rings. The molecule has 0 aliphatic carbocycles. The molecule has 1 aromatic carbocycles. The second-order valence-electron chi connectivity index (χ2n) is 7.41. The summed E-state index contributed by atoms with van der Waals surface area (Å²) in [6.45, 7) is 6.70. The maximum absolute atomic E-state index is 13.1. The van der Waals surface area contributed by atoms with E-state index in [1.807, 2.05) is 19.9 Å². The Kier molecular flexibility index (Phi) is 7.32. The van der Waals surface area contributed by atoms with Crippen LogP contribution in [0.1, 0.15) is 64.1 Å². The lowest BCUT2D eigenvalue weighted by Crippen LogP contribution is -2.37. The number of carbonyl (C=O) groups excluding carboxylic acids is 1. The predicted molar refractivity (Wildman–Crippen MR) is 119 cm³/mol. The van der Waals surface area contributed by atoms with Gasteiger partial charge in [-0.2, -0.15) is 0 Å². The van der Waals surface area contributed by atoms with E-state index in [4.69, 9.17) is 21.0 Å². The van der Waals surface area contributed by atoms with Crippen molar-refractivity contribution in [3.63, 3.8) is 0 Å². The summed E-state index contributed by atoms with van der Waals surface area (Å²) < 4.78 is 7.11. The third kappa shape index (κ3) is 4.75. The van der Waals surface area contributed by atoms with E-state index in [1.165, 1.54) is 0 Å². The van der Waals surface area contributed by atoms with E-state index in [-0.39, 0.29) is 11.5 Å². The van der Waals surface area contributed by atoms with E-state index >= 15 is 0 Å². The molecule has 0 radical (unpaired) electrons. The number of unbranched alkanes of at least 4 members (excludes halogenated alkanes) is 2. The highest BCUT2D eigenvalue weighted by atomic mass is 35.5. The normalized spacial score (nSPS) is 12.3. The van der Waals surface area contributed by atoms with Crippen LogP contribution in [0.25, 0.3) is 10.9 Å². The largest absolute Gasteiger partial charge is 0.467 e. The van der Waals surface area contributed by atoms with Gasteiger partial charge >= 0.3 is 0 Å². The van der Waals surface area contributed by atoms with E-state index in [9.17, 15) is 9.59 Å². The van der Waals surface area contributed by atoms with Crippen molar-refractivity contribution in [2.75, 3.05) is 0 Å². The molecular weight excluding hydrogens is 402 g/mol. The van der Waals surface area contributed by atoms with Gasteiger partial charge in [0.05, 0.1) is 29.8 Å². The number of halogens is 1. The Bertz CT molecular complexity index is 1060. The van der Waals surface area contributed by atoms with Crippen LogP contribution in [0.4, 0.5) is 0 Å². The molecule has 0 aliphatic rings. The number of rotatable bonds is 9. The number of carbonyl (C=O) groups is 1. The Morgan fingerprint density at radius 1 is 1.27 bits per heavy atom. The molecule has 0 saturated heterocycles. The molecule has 6 nitrogen and oxygen atoms in total. The van der Waals surface area contributed by atoms with Gasteiger partial charge in [-0.15, -0.1) is 0 Å². The number of aromatic nitrogens is 2. The van der Waals surface area contributed by atoms with Gasteiger partial charge in [0.15, 0.2) is 0 Å². The minimum absolute atomic E-state index is 0.0282. The first-order valence-corrected chi connectivity index (χ1v) is 10.9. The molecule has 1 unspecified atom stereocenters. The molecule has 3 rings (SSSR count). The summed E-state index contributed by atoms with van der Waals surface area (Å²) in [6.07, 6.45) is 4.94. The van der Waals surface area contributed by atoms with Crippen LogP contribution in [-0.2, 0) is 17.9 Å². The van der Waals surface area contributed by atoms with E-state index in [0.717, 1.165) is 19.3 Å². The Labute approximate surface area is 181 Å². The summed E-state index contributed by atoms with van der Waals surface area (Å²) >= 11 is 6.08. The number of furan rings is 1. The predicted octanol–water partition coefficient (Wildman–Crippen LogP) is 5.33. The fourth-order valence-corrected chi connectivity index (χ4v) is 3.83. The number of amides is 1. The average Bonchev–Trinajstić information content (AvgIpc) is 3.25. The fraction of sp³-hybridized carbons (Fsp3) is 0.435. The van der Waals surface area contributed by atoms with Crippen LogP contribution >= 0.6 is 11.6 Å².